The van der Waals surface area contributed by atoms with Crippen LogP contribution < -0.4 is 0 Å². The zero-order chi connectivity index (χ0) is 13.7. The zero-order valence-corrected chi connectivity index (χ0v) is 11.1. The maximum Gasteiger partial charge on any atom is 0.310 e. The summed E-state index contributed by atoms with van der Waals surface area (Å²) in [7, 11) is 0. The molecule has 1 heterocycles. The summed E-state index contributed by atoms with van der Waals surface area (Å²) in [5.41, 5.74) is 2.86. The smallest absolute Gasteiger partial charge is 0.310 e. The van der Waals surface area contributed by atoms with Crippen LogP contribution in [-0.2, 0) is 16.0 Å². The number of ether oxygens (including phenoxy) is 1. The second kappa shape index (κ2) is 6.09. The monoisotopic (exact) mass is 256 g/mol. The number of carbonyl (C=O) groups excluding carboxylic acids is 1. The number of rotatable bonds is 4. The fourth-order valence-electron chi connectivity index (χ4n) is 1.99. The average molecular weight is 256 g/mol. The van der Waals surface area contributed by atoms with Crippen molar-refractivity contribution in [1.82, 2.24) is 9.97 Å². The third-order valence-corrected chi connectivity index (χ3v) is 2.79. The van der Waals surface area contributed by atoms with E-state index < -0.39 is 0 Å². The van der Waals surface area contributed by atoms with E-state index in [9.17, 15) is 4.79 Å². The molecule has 19 heavy (non-hydrogen) atoms. The Morgan fingerprint density at radius 1 is 1.21 bits per heavy atom. The molecule has 98 valence electrons. The first-order valence-corrected chi connectivity index (χ1v) is 6.24. The van der Waals surface area contributed by atoms with Crippen molar-refractivity contribution in [2.45, 2.75) is 20.3 Å². The molecule has 0 fully saturated rings. The Hall–Kier alpha value is -2.23. The first-order valence-electron chi connectivity index (χ1n) is 6.24. The molecule has 0 aliphatic carbocycles. The van der Waals surface area contributed by atoms with Gasteiger partial charge in [-0.05, 0) is 31.0 Å². The summed E-state index contributed by atoms with van der Waals surface area (Å²) in [6, 6.07) is 7.60. The predicted octanol–water partition coefficient (Wildman–Crippen LogP) is 2.56. The van der Waals surface area contributed by atoms with Crippen molar-refractivity contribution in [2.24, 2.45) is 0 Å². The van der Waals surface area contributed by atoms with Crippen LogP contribution in [0.4, 0.5) is 0 Å². The van der Waals surface area contributed by atoms with Gasteiger partial charge in [-0.15, -0.1) is 0 Å². The zero-order valence-electron chi connectivity index (χ0n) is 11.1. The number of carbonyl (C=O) groups is 1. The maximum atomic E-state index is 11.6. The number of nitrogens with zero attached hydrogens (tertiary/aromatic N) is 2. The minimum atomic E-state index is -0.231. The fourth-order valence-corrected chi connectivity index (χ4v) is 1.99. The van der Waals surface area contributed by atoms with Crippen molar-refractivity contribution in [3.8, 4) is 11.4 Å². The Morgan fingerprint density at radius 3 is 2.63 bits per heavy atom. The second-order valence-corrected chi connectivity index (χ2v) is 4.16. The van der Waals surface area contributed by atoms with Crippen molar-refractivity contribution in [3.05, 3.63) is 47.8 Å². The van der Waals surface area contributed by atoms with E-state index in [4.69, 9.17) is 4.74 Å². The highest BCUT2D eigenvalue weighted by Gasteiger charge is 2.13. The number of hydrogen-bond donors (Lipinski definition) is 0. The summed E-state index contributed by atoms with van der Waals surface area (Å²) in [4.78, 5) is 20.2. The van der Waals surface area contributed by atoms with Gasteiger partial charge in [0.15, 0.2) is 5.82 Å². The van der Waals surface area contributed by atoms with Crippen LogP contribution in [0.2, 0.25) is 0 Å². The lowest BCUT2D eigenvalue weighted by Crippen LogP contribution is -2.09. The summed E-state index contributed by atoms with van der Waals surface area (Å²) in [5.74, 6) is 0.408. The van der Waals surface area contributed by atoms with Gasteiger partial charge < -0.3 is 4.74 Å². The van der Waals surface area contributed by atoms with Gasteiger partial charge in [0.05, 0.1) is 13.0 Å². The number of esters is 1. The van der Waals surface area contributed by atoms with Crippen LogP contribution in [0, 0.1) is 6.92 Å². The largest absolute Gasteiger partial charge is 0.466 e. The standard InChI is InChI=1S/C15H16N2O2/c1-3-19-13(18)10-12-7-4-6-11(2)14(12)15-16-8-5-9-17-15/h4-9H,3,10H2,1-2H3. The number of benzene rings is 1. The van der Waals surface area contributed by atoms with E-state index in [1.165, 1.54) is 0 Å². The summed E-state index contributed by atoms with van der Waals surface area (Å²) < 4.78 is 5.00. The number of hydrogen-bond acceptors (Lipinski definition) is 4. The fraction of sp³-hybridized carbons (Fsp3) is 0.267. The van der Waals surface area contributed by atoms with E-state index in [2.05, 4.69) is 9.97 Å². The first kappa shape index (κ1) is 13.2. The molecule has 2 aromatic rings. The molecular formula is C15H16N2O2. The summed E-state index contributed by atoms with van der Waals surface area (Å²) in [6.45, 7) is 4.18. The lowest BCUT2D eigenvalue weighted by Gasteiger charge is -2.10. The van der Waals surface area contributed by atoms with Gasteiger partial charge in [-0.25, -0.2) is 9.97 Å². The van der Waals surface area contributed by atoms with Crippen molar-refractivity contribution in [3.63, 3.8) is 0 Å². The first-order chi connectivity index (χ1) is 9.22. The van der Waals surface area contributed by atoms with E-state index in [-0.39, 0.29) is 12.4 Å². The SMILES string of the molecule is CCOC(=O)Cc1cccc(C)c1-c1ncccn1. The van der Waals surface area contributed by atoms with Crippen molar-refractivity contribution in [1.29, 1.82) is 0 Å². The molecule has 0 spiro atoms. The molecule has 2 rings (SSSR count). The molecule has 0 aliphatic rings. The van der Waals surface area contributed by atoms with Crippen LogP contribution in [0.25, 0.3) is 11.4 Å². The molecule has 0 N–H and O–H groups in total. The predicted molar refractivity (Wildman–Crippen MR) is 72.5 cm³/mol. The Balaban J connectivity index is 2.39. The second-order valence-electron chi connectivity index (χ2n) is 4.16. The van der Waals surface area contributed by atoms with E-state index >= 15 is 0 Å². The lowest BCUT2D eigenvalue weighted by molar-refractivity contribution is -0.142. The van der Waals surface area contributed by atoms with Crippen LogP contribution in [0.5, 0.6) is 0 Å². The van der Waals surface area contributed by atoms with Gasteiger partial charge in [0.1, 0.15) is 0 Å². The summed E-state index contributed by atoms with van der Waals surface area (Å²) in [6.07, 6.45) is 3.63. The van der Waals surface area contributed by atoms with Gasteiger partial charge in [-0.2, -0.15) is 0 Å². The summed E-state index contributed by atoms with van der Waals surface area (Å²) in [5, 5.41) is 0. The Morgan fingerprint density at radius 2 is 1.95 bits per heavy atom. The van der Waals surface area contributed by atoms with Gasteiger partial charge in [0.2, 0.25) is 0 Å². The Bertz CT molecular complexity index is 568. The van der Waals surface area contributed by atoms with Crippen LogP contribution >= 0.6 is 0 Å². The Kier molecular flexibility index (Phi) is 4.23. The van der Waals surface area contributed by atoms with Crippen LogP contribution in [0.15, 0.2) is 36.7 Å². The van der Waals surface area contributed by atoms with Gasteiger partial charge in [0.25, 0.3) is 0 Å². The molecule has 0 radical (unpaired) electrons. The molecule has 0 unspecified atom stereocenters. The highest BCUT2D eigenvalue weighted by atomic mass is 16.5. The van der Waals surface area contributed by atoms with Gasteiger partial charge in [-0.1, -0.05) is 18.2 Å². The van der Waals surface area contributed by atoms with Crippen molar-refractivity contribution in [2.75, 3.05) is 6.61 Å². The minimum absolute atomic E-state index is 0.231. The molecule has 0 amide bonds. The summed E-state index contributed by atoms with van der Waals surface area (Å²) >= 11 is 0. The van der Waals surface area contributed by atoms with E-state index in [1.807, 2.05) is 25.1 Å². The third-order valence-electron chi connectivity index (χ3n) is 2.79. The molecule has 0 saturated carbocycles. The van der Waals surface area contributed by atoms with Crippen LogP contribution in [-0.4, -0.2) is 22.5 Å². The van der Waals surface area contributed by atoms with Crippen LogP contribution in [0.1, 0.15) is 18.1 Å². The quantitative estimate of drug-likeness (QED) is 0.789. The minimum Gasteiger partial charge on any atom is -0.466 e. The topological polar surface area (TPSA) is 52.1 Å². The van der Waals surface area contributed by atoms with Gasteiger partial charge in [0, 0.05) is 18.0 Å². The Labute approximate surface area is 112 Å². The molecule has 0 aliphatic heterocycles. The normalized spacial score (nSPS) is 10.2. The lowest BCUT2D eigenvalue weighted by atomic mass is 9.99. The highest BCUT2D eigenvalue weighted by Crippen LogP contribution is 2.24. The maximum absolute atomic E-state index is 11.6. The third kappa shape index (κ3) is 3.16. The van der Waals surface area contributed by atoms with Crippen molar-refractivity contribution < 1.29 is 9.53 Å². The molecule has 0 atom stereocenters. The molecule has 0 saturated heterocycles. The number of aromatic nitrogens is 2. The average Bonchev–Trinajstić information content (AvgIpc) is 2.40. The highest BCUT2D eigenvalue weighted by molar-refractivity contribution is 5.77. The molecule has 4 heteroatoms. The molecule has 0 bridgehead atoms. The van der Waals surface area contributed by atoms with E-state index in [0.29, 0.717) is 12.4 Å². The number of aryl methyl sites for hydroxylation is 1. The van der Waals surface area contributed by atoms with Gasteiger partial charge >= 0.3 is 5.97 Å². The van der Waals surface area contributed by atoms with Gasteiger partial charge in [-0.3, -0.25) is 4.79 Å². The molecule has 4 nitrogen and oxygen atoms in total. The van der Waals surface area contributed by atoms with Crippen LogP contribution in [0.3, 0.4) is 0 Å². The molecule has 1 aromatic carbocycles. The van der Waals surface area contributed by atoms with E-state index in [1.54, 1.807) is 25.4 Å². The van der Waals surface area contributed by atoms with E-state index in [0.717, 1.165) is 16.7 Å². The van der Waals surface area contributed by atoms with Crippen molar-refractivity contribution >= 4 is 5.97 Å². The molecule has 1 aromatic heterocycles. The molecular weight excluding hydrogens is 240 g/mol.